The molecule has 1 aliphatic carbocycles. The topological polar surface area (TPSA) is 102 Å². The van der Waals surface area contributed by atoms with E-state index in [9.17, 15) is 14.4 Å². The first-order valence-corrected chi connectivity index (χ1v) is 8.66. The summed E-state index contributed by atoms with van der Waals surface area (Å²) in [4.78, 5) is 36.4. The van der Waals surface area contributed by atoms with E-state index in [2.05, 4.69) is 0 Å². The van der Waals surface area contributed by atoms with Crippen LogP contribution < -0.4 is 0 Å². The molecule has 0 aromatic carbocycles. The van der Waals surface area contributed by atoms with Crippen LogP contribution in [0.15, 0.2) is 23.8 Å². The molecular formula is C18H25NO7. The van der Waals surface area contributed by atoms with Gasteiger partial charge in [0.05, 0.1) is 58.0 Å². The molecule has 1 saturated heterocycles. The van der Waals surface area contributed by atoms with Crippen LogP contribution in [0.1, 0.15) is 19.8 Å². The lowest BCUT2D eigenvalue weighted by Crippen LogP contribution is -2.36. The number of likely N-dealkylation sites (tertiary alicyclic amines) is 1. The number of ether oxygens (including phenoxy) is 3. The standard InChI is InChI=1S/C18H25NO7/c1-18-6-3-2-4-14(18)16(22)19(17(18)23)7-9-25-11-13-26-12-10-24-8-5-15(20)21/h3-4,6H,2,5,7-13H2,1H3,(H,20,21). The van der Waals surface area contributed by atoms with Gasteiger partial charge in [-0.1, -0.05) is 18.2 Å². The lowest BCUT2D eigenvalue weighted by atomic mass is 9.80. The number of allylic oxidation sites excluding steroid dienone is 2. The molecule has 8 nitrogen and oxygen atoms in total. The molecule has 0 aromatic heterocycles. The lowest BCUT2D eigenvalue weighted by molar-refractivity contribution is -0.141. The van der Waals surface area contributed by atoms with Crippen molar-refractivity contribution < 1.29 is 33.7 Å². The van der Waals surface area contributed by atoms with Crippen molar-refractivity contribution in [2.24, 2.45) is 5.41 Å². The van der Waals surface area contributed by atoms with E-state index in [1.54, 1.807) is 13.0 Å². The van der Waals surface area contributed by atoms with E-state index >= 15 is 0 Å². The van der Waals surface area contributed by atoms with Crippen molar-refractivity contribution in [3.63, 3.8) is 0 Å². The van der Waals surface area contributed by atoms with Gasteiger partial charge in [-0.15, -0.1) is 0 Å². The zero-order valence-electron chi connectivity index (χ0n) is 14.9. The second kappa shape index (κ2) is 9.61. The van der Waals surface area contributed by atoms with Gasteiger partial charge in [0.25, 0.3) is 5.91 Å². The van der Waals surface area contributed by atoms with Crippen molar-refractivity contribution in [2.75, 3.05) is 46.2 Å². The molecule has 1 aliphatic heterocycles. The van der Waals surface area contributed by atoms with Crippen molar-refractivity contribution in [3.05, 3.63) is 23.8 Å². The highest BCUT2D eigenvalue weighted by Crippen LogP contribution is 2.41. The molecule has 2 rings (SSSR count). The maximum Gasteiger partial charge on any atom is 0.305 e. The molecule has 2 amide bonds. The molecule has 0 radical (unpaired) electrons. The van der Waals surface area contributed by atoms with Crippen LogP contribution in [-0.2, 0) is 28.6 Å². The normalized spacial score (nSPS) is 21.9. The first-order valence-electron chi connectivity index (χ1n) is 8.66. The number of aliphatic carboxylic acids is 1. The molecular weight excluding hydrogens is 342 g/mol. The Labute approximate surface area is 152 Å². The molecule has 1 N–H and O–H groups in total. The minimum absolute atomic E-state index is 0.0250. The van der Waals surface area contributed by atoms with E-state index in [1.807, 2.05) is 12.2 Å². The summed E-state index contributed by atoms with van der Waals surface area (Å²) < 4.78 is 15.8. The Morgan fingerprint density at radius 3 is 2.35 bits per heavy atom. The SMILES string of the molecule is CC12C=CCC=C1C(=O)N(CCOCCOCCOCCC(=O)O)C2=O. The lowest BCUT2D eigenvalue weighted by Gasteiger charge is -2.20. The van der Waals surface area contributed by atoms with Gasteiger partial charge in [0.1, 0.15) is 0 Å². The summed E-state index contributed by atoms with van der Waals surface area (Å²) in [6.45, 7) is 3.77. The van der Waals surface area contributed by atoms with Crippen molar-refractivity contribution in [3.8, 4) is 0 Å². The van der Waals surface area contributed by atoms with Crippen LogP contribution >= 0.6 is 0 Å². The smallest absolute Gasteiger partial charge is 0.305 e. The number of imide groups is 1. The van der Waals surface area contributed by atoms with Crippen LogP contribution in [0.5, 0.6) is 0 Å². The second-order valence-corrected chi connectivity index (χ2v) is 6.20. The molecule has 1 heterocycles. The fourth-order valence-corrected chi connectivity index (χ4v) is 2.87. The molecule has 0 spiro atoms. The number of carbonyl (C=O) groups is 3. The second-order valence-electron chi connectivity index (χ2n) is 6.20. The van der Waals surface area contributed by atoms with Gasteiger partial charge in [-0.3, -0.25) is 19.3 Å². The predicted molar refractivity (Wildman–Crippen MR) is 91.4 cm³/mol. The van der Waals surface area contributed by atoms with Crippen LogP contribution in [0.3, 0.4) is 0 Å². The van der Waals surface area contributed by atoms with Crippen LogP contribution in [0, 0.1) is 5.41 Å². The van der Waals surface area contributed by atoms with Crippen LogP contribution in [0.4, 0.5) is 0 Å². The summed E-state index contributed by atoms with van der Waals surface area (Å²) in [5, 5.41) is 8.44. The minimum atomic E-state index is -0.894. The molecule has 1 fully saturated rings. The average Bonchev–Trinajstić information content (AvgIpc) is 2.80. The largest absolute Gasteiger partial charge is 0.481 e. The summed E-state index contributed by atoms with van der Waals surface area (Å²) in [5.74, 6) is -1.34. The molecule has 0 bridgehead atoms. The fraction of sp³-hybridized carbons (Fsp3) is 0.611. The van der Waals surface area contributed by atoms with Crippen LogP contribution in [0.25, 0.3) is 0 Å². The van der Waals surface area contributed by atoms with Crippen molar-refractivity contribution in [2.45, 2.75) is 19.8 Å². The van der Waals surface area contributed by atoms with Crippen LogP contribution in [-0.4, -0.2) is 74.0 Å². The van der Waals surface area contributed by atoms with Gasteiger partial charge in [0, 0.05) is 5.57 Å². The van der Waals surface area contributed by atoms with Gasteiger partial charge in [0.15, 0.2) is 0 Å². The third kappa shape index (κ3) is 5.00. The Hall–Kier alpha value is -2.03. The molecule has 1 atom stereocenters. The third-order valence-electron chi connectivity index (χ3n) is 4.30. The quantitative estimate of drug-likeness (QED) is 0.309. The summed E-state index contributed by atoms with van der Waals surface area (Å²) in [6, 6.07) is 0. The molecule has 8 heteroatoms. The van der Waals surface area contributed by atoms with Gasteiger partial charge in [-0.25, -0.2) is 0 Å². The Morgan fingerprint density at radius 1 is 1.12 bits per heavy atom. The van der Waals surface area contributed by atoms with E-state index < -0.39 is 11.4 Å². The Balaban J connectivity index is 1.55. The number of rotatable bonds is 12. The summed E-state index contributed by atoms with van der Waals surface area (Å²) in [5.41, 5.74) is -0.282. The van der Waals surface area contributed by atoms with E-state index in [4.69, 9.17) is 19.3 Å². The van der Waals surface area contributed by atoms with E-state index in [1.165, 1.54) is 4.90 Å². The number of hydrogen-bond acceptors (Lipinski definition) is 6. The van der Waals surface area contributed by atoms with Crippen molar-refractivity contribution >= 4 is 17.8 Å². The van der Waals surface area contributed by atoms with E-state index in [-0.39, 0.29) is 38.0 Å². The minimum Gasteiger partial charge on any atom is -0.481 e. The number of nitrogens with zero attached hydrogens (tertiary/aromatic N) is 1. The number of carbonyl (C=O) groups excluding carboxylic acids is 2. The predicted octanol–water partition coefficient (Wildman–Crippen LogP) is 0.772. The molecule has 1 unspecified atom stereocenters. The highest BCUT2D eigenvalue weighted by Gasteiger charge is 2.51. The fourth-order valence-electron chi connectivity index (χ4n) is 2.87. The number of carboxylic acids is 1. The first kappa shape index (κ1) is 20.3. The number of amides is 2. The number of fused-ring (bicyclic) bond motifs is 1. The molecule has 26 heavy (non-hydrogen) atoms. The average molecular weight is 367 g/mol. The van der Waals surface area contributed by atoms with Gasteiger partial charge in [-0.2, -0.15) is 0 Å². The zero-order chi connectivity index (χ0) is 19.0. The number of hydrogen-bond donors (Lipinski definition) is 1. The monoisotopic (exact) mass is 367 g/mol. The Morgan fingerprint density at radius 2 is 1.73 bits per heavy atom. The third-order valence-corrected chi connectivity index (χ3v) is 4.30. The zero-order valence-corrected chi connectivity index (χ0v) is 14.9. The van der Waals surface area contributed by atoms with Gasteiger partial charge in [0.2, 0.25) is 5.91 Å². The highest BCUT2D eigenvalue weighted by atomic mass is 16.5. The van der Waals surface area contributed by atoms with E-state index in [0.29, 0.717) is 38.4 Å². The molecule has 0 saturated carbocycles. The molecule has 144 valence electrons. The Bertz CT molecular complexity index is 598. The van der Waals surface area contributed by atoms with Crippen LogP contribution in [0.2, 0.25) is 0 Å². The molecule has 2 aliphatic rings. The summed E-state index contributed by atoms with van der Waals surface area (Å²) in [6.07, 6.45) is 6.16. The van der Waals surface area contributed by atoms with Gasteiger partial charge >= 0.3 is 5.97 Å². The van der Waals surface area contributed by atoms with Crippen molar-refractivity contribution in [1.82, 2.24) is 4.90 Å². The Kier molecular flexibility index (Phi) is 7.50. The maximum atomic E-state index is 12.5. The highest BCUT2D eigenvalue weighted by molar-refractivity contribution is 6.18. The van der Waals surface area contributed by atoms with Gasteiger partial charge in [-0.05, 0) is 13.3 Å². The van der Waals surface area contributed by atoms with E-state index in [0.717, 1.165) is 0 Å². The summed E-state index contributed by atoms with van der Waals surface area (Å²) >= 11 is 0. The molecule has 0 aromatic rings. The van der Waals surface area contributed by atoms with Crippen molar-refractivity contribution in [1.29, 1.82) is 0 Å². The van der Waals surface area contributed by atoms with Gasteiger partial charge < -0.3 is 19.3 Å². The summed E-state index contributed by atoms with van der Waals surface area (Å²) in [7, 11) is 0. The number of carboxylic acid groups (broad SMARTS) is 1. The first-order chi connectivity index (χ1) is 12.5. The maximum absolute atomic E-state index is 12.5.